The Kier molecular flexibility index (Phi) is 7.20. The predicted octanol–water partition coefficient (Wildman–Crippen LogP) is 1.85. The maximum atomic E-state index is 5.39. The lowest BCUT2D eigenvalue weighted by Gasteiger charge is -2.27. The van der Waals surface area contributed by atoms with Gasteiger partial charge in [0.25, 0.3) is 0 Å². The van der Waals surface area contributed by atoms with Crippen LogP contribution in [0.15, 0.2) is 24.3 Å². The smallest absolute Gasteiger partial charge is 0.0615 e. The van der Waals surface area contributed by atoms with Gasteiger partial charge in [0.15, 0.2) is 0 Å². The molecule has 3 nitrogen and oxygen atoms in total. The molecular weight excluding hydrogens is 236 g/mol. The quantitative estimate of drug-likeness (QED) is 0.793. The maximum Gasteiger partial charge on any atom is 0.0615 e. The molecule has 0 aliphatic carbocycles. The molecule has 0 saturated heterocycles. The van der Waals surface area contributed by atoms with Gasteiger partial charge in [-0.25, -0.2) is 0 Å². The first-order valence-electron chi connectivity index (χ1n) is 6.72. The molecule has 0 bridgehead atoms. The number of nitrogens with two attached hydrogens (primary N) is 1. The van der Waals surface area contributed by atoms with Gasteiger partial charge in [-0.05, 0) is 31.2 Å². The average molecular weight is 260 g/mol. The Morgan fingerprint density at radius 2 is 2.21 bits per heavy atom. The van der Waals surface area contributed by atoms with Crippen LogP contribution in [0.3, 0.4) is 0 Å². The van der Waals surface area contributed by atoms with Gasteiger partial charge in [-0.2, -0.15) is 0 Å². The highest BCUT2D eigenvalue weighted by molar-refractivity contribution is 5.37. The number of hydrogen-bond acceptors (Lipinski definition) is 3. The molecule has 1 rings (SSSR count). The van der Waals surface area contributed by atoms with Crippen molar-refractivity contribution < 1.29 is 4.74 Å². The van der Waals surface area contributed by atoms with E-state index in [1.54, 1.807) is 7.11 Å². The van der Waals surface area contributed by atoms with Crippen LogP contribution in [0.1, 0.15) is 25.0 Å². The molecule has 0 aromatic heterocycles. The molecule has 2 N–H and O–H groups in total. The lowest BCUT2D eigenvalue weighted by atomic mass is 10.1. The third-order valence-electron chi connectivity index (χ3n) is 3.08. The highest BCUT2D eigenvalue weighted by Crippen LogP contribution is 2.10. The van der Waals surface area contributed by atoms with Gasteiger partial charge < -0.3 is 10.5 Å². The summed E-state index contributed by atoms with van der Waals surface area (Å²) in [5.41, 5.74) is 7.69. The summed E-state index contributed by atoms with van der Waals surface area (Å²) >= 11 is 0. The average Bonchev–Trinajstić information content (AvgIpc) is 2.43. The van der Waals surface area contributed by atoms with E-state index in [0.717, 1.165) is 25.3 Å². The van der Waals surface area contributed by atoms with Crippen LogP contribution in [0.2, 0.25) is 0 Å². The lowest BCUT2D eigenvalue weighted by molar-refractivity contribution is 0.0982. The Labute approximate surface area is 116 Å². The molecule has 104 valence electrons. The van der Waals surface area contributed by atoms with Crippen LogP contribution in [0, 0.1) is 11.8 Å². The fraction of sp³-hybridized carbons (Fsp3) is 0.500. The number of likely N-dealkylation sites (N-methyl/N-ethyl adjacent to an activating group) is 1. The number of ether oxygens (including phenoxy) is 1. The molecule has 0 amide bonds. The molecule has 1 aromatic carbocycles. The molecule has 0 aliphatic heterocycles. The number of hydrogen-bond donors (Lipinski definition) is 1. The number of methoxy groups -OCH3 is 1. The van der Waals surface area contributed by atoms with E-state index in [0.29, 0.717) is 12.6 Å². The van der Waals surface area contributed by atoms with Crippen molar-refractivity contribution in [1.82, 2.24) is 4.90 Å². The van der Waals surface area contributed by atoms with E-state index in [4.69, 9.17) is 10.5 Å². The van der Waals surface area contributed by atoms with Gasteiger partial charge in [0, 0.05) is 25.3 Å². The molecule has 0 fully saturated rings. The van der Waals surface area contributed by atoms with E-state index < -0.39 is 0 Å². The minimum Gasteiger partial charge on any atom is -0.383 e. The van der Waals surface area contributed by atoms with Crippen molar-refractivity contribution in [1.29, 1.82) is 0 Å². The highest BCUT2D eigenvalue weighted by atomic mass is 16.5. The molecule has 1 aromatic rings. The fourth-order valence-corrected chi connectivity index (χ4v) is 2.06. The molecule has 1 unspecified atom stereocenters. The summed E-state index contributed by atoms with van der Waals surface area (Å²) in [6.45, 7) is 7.43. The molecule has 1 atom stereocenters. The summed E-state index contributed by atoms with van der Waals surface area (Å²) in [5.74, 6) is 5.96. The van der Waals surface area contributed by atoms with Crippen molar-refractivity contribution in [2.24, 2.45) is 5.73 Å². The van der Waals surface area contributed by atoms with Crippen LogP contribution >= 0.6 is 0 Å². The first-order chi connectivity index (χ1) is 9.21. The van der Waals surface area contributed by atoms with Gasteiger partial charge in [0.05, 0.1) is 13.2 Å². The second-order valence-corrected chi connectivity index (χ2v) is 4.57. The van der Waals surface area contributed by atoms with E-state index in [-0.39, 0.29) is 0 Å². The summed E-state index contributed by atoms with van der Waals surface area (Å²) in [7, 11) is 1.74. The van der Waals surface area contributed by atoms with E-state index in [9.17, 15) is 0 Å². The minimum atomic E-state index is 0.399. The highest BCUT2D eigenvalue weighted by Gasteiger charge is 2.12. The van der Waals surface area contributed by atoms with Crippen molar-refractivity contribution in [2.75, 3.05) is 26.8 Å². The predicted molar refractivity (Wildman–Crippen MR) is 79.8 cm³/mol. The maximum absolute atomic E-state index is 5.39. The summed E-state index contributed by atoms with van der Waals surface area (Å²) in [4.78, 5) is 2.39. The third kappa shape index (κ3) is 5.44. The number of rotatable bonds is 6. The van der Waals surface area contributed by atoms with Gasteiger partial charge >= 0.3 is 0 Å². The van der Waals surface area contributed by atoms with Gasteiger partial charge in [-0.3, -0.25) is 4.90 Å². The SMILES string of the molecule is CCN(Cc1cccc(C#CCN)c1)C(C)COC. The normalized spacial score (nSPS) is 12.1. The topological polar surface area (TPSA) is 38.5 Å². The Hall–Kier alpha value is -1.34. The van der Waals surface area contributed by atoms with Crippen LogP contribution < -0.4 is 5.73 Å². The van der Waals surface area contributed by atoms with Crippen LogP contribution in [-0.4, -0.2) is 37.7 Å². The van der Waals surface area contributed by atoms with Gasteiger partial charge in [-0.15, -0.1) is 0 Å². The van der Waals surface area contributed by atoms with Crippen molar-refractivity contribution in [2.45, 2.75) is 26.4 Å². The summed E-state index contributed by atoms with van der Waals surface area (Å²) in [5, 5.41) is 0. The first-order valence-corrected chi connectivity index (χ1v) is 6.72. The van der Waals surface area contributed by atoms with Crippen molar-refractivity contribution >= 4 is 0 Å². The third-order valence-corrected chi connectivity index (χ3v) is 3.08. The van der Waals surface area contributed by atoms with Crippen molar-refractivity contribution in [3.8, 4) is 11.8 Å². The Balaban J connectivity index is 2.74. The molecular formula is C16H24N2O. The van der Waals surface area contributed by atoms with E-state index >= 15 is 0 Å². The van der Waals surface area contributed by atoms with E-state index in [2.05, 4.69) is 42.7 Å². The van der Waals surface area contributed by atoms with Crippen molar-refractivity contribution in [3.63, 3.8) is 0 Å². The zero-order valence-corrected chi connectivity index (χ0v) is 12.1. The molecule has 3 heteroatoms. The summed E-state index contributed by atoms with van der Waals surface area (Å²) < 4.78 is 5.22. The zero-order valence-electron chi connectivity index (χ0n) is 12.1. The summed E-state index contributed by atoms with van der Waals surface area (Å²) in [6.07, 6.45) is 0. The monoisotopic (exact) mass is 260 g/mol. The summed E-state index contributed by atoms with van der Waals surface area (Å²) in [6, 6.07) is 8.74. The zero-order chi connectivity index (χ0) is 14.1. The second kappa shape index (κ2) is 8.71. The van der Waals surface area contributed by atoms with Crippen LogP contribution in [0.5, 0.6) is 0 Å². The van der Waals surface area contributed by atoms with Gasteiger partial charge in [0.1, 0.15) is 0 Å². The largest absolute Gasteiger partial charge is 0.383 e. The fourth-order valence-electron chi connectivity index (χ4n) is 2.06. The lowest BCUT2D eigenvalue weighted by Crippen LogP contribution is -2.35. The Morgan fingerprint density at radius 1 is 1.42 bits per heavy atom. The van der Waals surface area contributed by atoms with E-state index in [1.807, 2.05) is 12.1 Å². The van der Waals surface area contributed by atoms with Crippen LogP contribution in [0.25, 0.3) is 0 Å². The minimum absolute atomic E-state index is 0.399. The molecule has 0 spiro atoms. The molecule has 0 heterocycles. The second-order valence-electron chi connectivity index (χ2n) is 4.57. The Morgan fingerprint density at radius 3 is 2.84 bits per heavy atom. The standard InChI is InChI=1S/C16H24N2O/c1-4-18(14(2)13-19-3)12-16-8-5-7-15(11-16)9-6-10-17/h5,7-8,11,14H,4,10,12-13,17H2,1-3H3. The molecule has 0 aliphatic rings. The van der Waals surface area contributed by atoms with E-state index in [1.165, 1.54) is 5.56 Å². The van der Waals surface area contributed by atoms with Crippen LogP contribution in [0.4, 0.5) is 0 Å². The molecule has 19 heavy (non-hydrogen) atoms. The number of benzene rings is 1. The molecule has 0 radical (unpaired) electrons. The van der Waals surface area contributed by atoms with Gasteiger partial charge in [0.2, 0.25) is 0 Å². The molecule has 0 saturated carbocycles. The number of nitrogens with zero attached hydrogens (tertiary/aromatic N) is 1. The van der Waals surface area contributed by atoms with Crippen molar-refractivity contribution in [3.05, 3.63) is 35.4 Å². The Bertz CT molecular complexity index is 434. The van der Waals surface area contributed by atoms with Crippen LogP contribution in [-0.2, 0) is 11.3 Å². The van der Waals surface area contributed by atoms with Gasteiger partial charge in [-0.1, -0.05) is 30.9 Å². The first kappa shape index (κ1) is 15.7.